The second-order valence-corrected chi connectivity index (χ2v) is 6.33. The smallest absolute Gasteiger partial charge is 0.255 e. The van der Waals surface area contributed by atoms with E-state index in [1.165, 1.54) is 12.8 Å². The molecular formula is C14H17BrN2O. The second-order valence-electron chi connectivity index (χ2n) is 5.41. The number of aromatic nitrogens is 1. The van der Waals surface area contributed by atoms with Gasteiger partial charge in [0.25, 0.3) is 5.91 Å². The van der Waals surface area contributed by atoms with Crippen LogP contribution in [0.5, 0.6) is 0 Å². The number of carbonyl (C=O) groups is 1. The van der Waals surface area contributed by atoms with Crippen molar-refractivity contribution in [3.8, 4) is 0 Å². The first-order chi connectivity index (χ1) is 8.66. The Morgan fingerprint density at radius 1 is 1.39 bits per heavy atom. The number of halogens is 1. The zero-order chi connectivity index (χ0) is 12.7. The van der Waals surface area contributed by atoms with Crippen molar-refractivity contribution in [2.45, 2.75) is 44.7 Å². The lowest BCUT2D eigenvalue weighted by molar-refractivity contribution is 0.0653. The van der Waals surface area contributed by atoms with Crippen LogP contribution in [0.15, 0.2) is 22.9 Å². The Bertz CT molecular complexity index is 469. The molecule has 3 nitrogen and oxygen atoms in total. The maximum atomic E-state index is 12.6. The molecule has 4 heteroatoms. The largest absolute Gasteiger partial charge is 0.333 e. The molecule has 0 radical (unpaired) electrons. The fourth-order valence-electron chi connectivity index (χ4n) is 2.52. The molecule has 2 saturated carbocycles. The number of nitrogens with zero attached hydrogens (tertiary/aromatic N) is 2. The van der Waals surface area contributed by atoms with Crippen LogP contribution in [0.2, 0.25) is 0 Å². The summed E-state index contributed by atoms with van der Waals surface area (Å²) in [6.07, 6.45) is 8.24. The lowest BCUT2D eigenvalue weighted by atomic mass is 10.1. The van der Waals surface area contributed by atoms with Crippen molar-refractivity contribution in [3.05, 3.63) is 28.5 Å². The minimum atomic E-state index is 0.144. The summed E-state index contributed by atoms with van der Waals surface area (Å²) >= 11 is 3.38. The molecule has 2 aliphatic carbocycles. The molecule has 1 aromatic heterocycles. The summed E-state index contributed by atoms with van der Waals surface area (Å²) in [5.74, 6) is 0.861. The van der Waals surface area contributed by atoms with E-state index in [-0.39, 0.29) is 5.91 Å². The second kappa shape index (κ2) is 4.65. The Hall–Kier alpha value is -0.900. The maximum absolute atomic E-state index is 12.6. The van der Waals surface area contributed by atoms with Crippen LogP contribution in [0.25, 0.3) is 0 Å². The standard InChI is InChI=1S/C14H17BrN2O/c1-9(10-2-3-10)17(13-4-5-13)14(18)11-6-12(15)8-16-7-11/h6-10,13H,2-5H2,1H3. The van der Waals surface area contributed by atoms with Crippen molar-refractivity contribution < 1.29 is 4.79 Å². The zero-order valence-electron chi connectivity index (χ0n) is 10.5. The fourth-order valence-corrected chi connectivity index (χ4v) is 2.88. The molecule has 1 heterocycles. The Morgan fingerprint density at radius 3 is 2.67 bits per heavy atom. The SMILES string of the molecule is CC(C1CC1)N(C(=O)c1cncc(Br)c1)C1CC1. The highest BCUT2D eigenvalue weighted by atomic mass is 79.9. The van der Waals surface area contributed by atoms with Gasteiger partial charge in [-0.1, -0.05) is 0 Å². The van der Waals surface area contributed by atoms with Gasteiger partial charge in [0.05, 0.1) is 5.56 Å². The van der Waals surface area contributed by atoms with Crippen LogP contribution < -0.4 is 0 Å². The highest BCUT2D eigenvalue weighted by molar-refractivity contribution is 9.10. The topological polar surface area (TPSA) is 33.2 Å². The molecule has 1 atom stereocenters. The predicted octanol–water partition coefficient (Wildman–Crippen LogP) is 3.25. The van der Waals surface area contributed by atoms with E-state index in [1.54, 1.807) is 12.4 Å². The van der Waals surface area contributed by atoms with Gasteiger partial charge in [-0.2, -0.15) is 0 Å². The Morgan fingerprint density at radius 2 is 2.11 bits per heavy atom. The average molecular weight is 309 g/mol. The van der Waals surface area contributed by atoms with Crippen molar-refractivity contribution in [1.82, 2.24) is 9.88 Å². The molecule has 2 aliphatic rings. The summed E-state index contributed by atoms with van der Waals surface area (Å²) in [7, 11) is 0. The molecule has 96 valence electrons. The summed E-state index contributed by atoms with van der Waals surface area (Å²) in [4.78, 5) is 18.8. The molecule has 0 aromatic carbocycles. The average Bonchev–Trinajstić information content (AvgIpc) is 3.21. The number of carbonyl (C=O) groups excluding carboxylic acids is 1. The van der Waals surface area contributed by atoms with Gasteiger partial charge in [-0.15, -0.1) is 0 Å². The number of hydrogen-bond donors (Lipinski definition) is 0. The van der Waals surface area contributed by atoms with Crippen molar-refractivity contribution in [3.63, 3.8) is 0 Å². The van der Waals surface area contributed by atoms with Crippen LogP contribution in [-0.2, 0) is 0 Å². The summed E-state index contributed by atoms with van der Waals surface area (Å²) in [5, 5.41) is 0. The van der Waals surface area contributed by atoms with E-state index >= 15 is 0 Å². The molecule has 0 N–H and O–H groups in total. The summed E-state index contributed by atoms with van der Waals surface area (Å²) in [6.45, 7) is 2.19. The highest BCUT2D eigenvalue weighted by Gasteiger charge is 2.41. The minimum absolute atomic E-state index is 0.144. The molecule has 1 unspecified atom stereocenters. The quantitative estimate of drug-likeness (QED) is 0.855. The van der Waals surface area contributed by atoms with Crippen LogP contribution in [0.3, 0.4) is 0 Å². The van der Waals surface area contributed by atoms with Crippen LogP contribution in [0.4, 0.5) is 0 Å². The normalized spacial score (nSPS) is 20.6. The lowest BCUT2D eigenvalue weighted by Crippen LogP contribution is -2.41. The Kier molecular flexibility index (Phi) is 3.14. The van der Waals surface area contributed by atoms with Crippen LogP contribution in [-0.4, -0.2) is 27.9 Å². The van der Waals surface area contributed by atoms with Crippen molar-refractivity contribution >= 4 is 21.8 Å². The van der Waals surface area contributed by atoms with Crippen LogP contribution in [0.1, 0.15) is 43.0 Å². The third kappa shape index (κ3) is 2.44. The van der Waals surface area contributed by atoms with E-state index in [0.717, 1.165) is 23.2 Å². The van der Waals surface area contributed by atoms with Gasteiger partial charge in [-0.3, -0.25) is 9.78 Å². The Balaban J connectivity index is 1.83. The van der Waals surface area contributed by atoms with Crippen molar-refractivity contribution in [2.24, 2.45) is 5.92 Å². The van der Waals surface area contributed by atoms with Gasteiger partial charge in [0.1, 0.15) is 0 Å². The predicted molar refractivity (Wildman–Crippen MR) is 73.3 cm³/mol. The van der Waals surface area contributed by atoms with Gasteiger partial charge in [0, 0.05) is 29.0 Å². The van der Waals surface area contributed by atoms with Gasteiger partial charge in [-0.25, -0.2) is 0 Å². The molecule has 1 amide bonds. The van der Waals surface area contributed by atoms with Crippen molar-refractivity contribution in [2.75, 3.05) is 0 Å². The molecule has 1 aromatic rings. The van der Waals surface area contributed by atoms with Crippen molar-refractivity contribution in [1.29, 1.82) is 0 Å². The first kappa shape index (κ1) is 12.2. The molecule has 18 heavy (non-hydrogen) atoms. The third-order valence-electron chi connectivity index (χ3n) is 3.87. The molecule has 0 aliphatic heterocycles. The number of rotatable bonds is 4. The third-order valence-corrected chi connectivity index (χ3v) is 4.30. The Labute approximate surface area is 116 Å². The lowest BCUT2D eigenvalue weighted by Gasteiger charge is -2.29. The maximum Gasteiger partial charge on any atom is 0.255 e. The van der Waals surface area contributed by atoms with E-state index in [2.05, 4.69) is 32.7 Å². The zero-order valence-corrected chi connectivity index (χ0v) is 12.1. The number of pyridine rings is 1. The van der Waals surface area contributed by atoms with E-state index in [4.69, 9.17) is 0 Å². The molecular weight excluding hydrogens is 292 g/mol. The minimum Gasteiger partial charge on any atom is -0.333 e. The van der Waals surface area contributed by atoms with Gasteiger partial charge in [0.15, 0.2) is 0 Å². The fraction of sp³-hybridized carbons (Fsp3) is 0.571. The molecule has 0 saturated heterocycles. The summed E-state index contributed by atoms with van der Waals surface area (Å²) < 4.78 is 0.864. The van der Waals surface area contributed by atoms with Gasteiger partial charge < -0.3 is 4.90 Å². The molecule has 0 spiro atoms. The number of amides is 1. The van der Waals surface area contributed by atoms with E-state index in [0.29, 0.717) is 17.6 Å². The van der Waals surface area contributed by atoms with E-state index in [9.17, 15) is 4.79 Å². The van der Waals surface area contributed by atoms with Gasteiger partial charge >= 0.3 is 0 Å². The first-order valence-corrected chi connectivity index (χ1v) is 7.39. The highest BCUT2D eigenvalue weighted by Crippen LogP contribution is 2.40. The van der Waals surface area contributed by atoms with E-state index < -0.39 is 0 Å². The van der Waals surface area contributed by atoms with Gasteiger partial charge in [-0.05, 0) is 60.5 Å². The van der Waals surface area contributed by atoms with Gasteiger partial charge in [0.2, 0.25) is 0 Å². The summed E-state index contributed by atoms with van der Waals surface area (Å²) in [5.41, 5.74) is 0.698. The van der Waals surface area contributed by atoms with Crippen LogP contribution >= 0.6 is 15.9 Å². The first-order valence-electron chi connectivity index (χ1n) is 6.60. The molecule has 2 fully saturated rings. The monoisotopic (exact) mass is 308 g/mol. The number of hydrogen-bond acceptors (Lipinski definition) is 2. The van der Waals surface area contributed by atoms with E-state index in [1.807, 2.05) is 6.07 Å². The van der Waals surface area contributed by atoms with Crippen LogP contribution in [0, 0.1) is 5.92 Å². The molecule has 3 rings (SSSR count). The summed E-state index contributed by atoms with van der Waals surface area (Å²) in [6, 6.07) is 2.71. The molecule has 0 bridgehead atoms.